The van der Waals surface area contributed by atoms with Crippen molar-refractivity contribution in [1.82, 2.24) is 20.0 Å². The normalized spacial score (nSPS) is 17.7. The van der Waals surface area contributed by atoms with Crippen LogP contribution in [0.5, 0.6) is 0 Å². The lowest BCUT2D eigenvalue weighted by molar-refractivity contribution is 0.112. The largest absolute Gasteiger partial charge is 0.383 e. The minimum Gasteiger partial charge on any atom is -0.383 e. The molecule has 0 spiro atoms. The van der Waals surface area contributed by atoms with Crippen LogP contribution in [0.1, 0.15) is 36.7 Å². The lowest BCUT2D eigenvalue weighted by atomic mass is 10.0. The number of nitrogens with one attached hydrogen (secondary N) is 1. The molecule has 0 saturated carbocycles. The van der Waals surface area contributed by atoms with Crippen molar-refractivity contribution in [3.63, 3.8) is 0 Å². The van der Waals surface area contributed by atoms with Crippen molar-refractivity contribution in [3.8, 4) is 0 Å². The Kier molecular flexibility index (Phi) is 5.22. The van der Waals surface area contributed by atoms with Gasteiger partial charge in [0.2, 0.25) is 0 Å². The minimum absolute atomic E-state index is 0.0385. The predicted octanol–water partition coefficient (Wildman–Crippen LogP) is 1.84. The molecule has 118 valence electrons. The number of urea groups is 1. The highest BCUT2D eigenvalue weighted by Crippen LogP contribution is 2.20. The average molecular weight is 294 g/mol. The fourth-order valence-corrected chi connectivity index (χ4v) is 2.78. The Bertz CT molecular complexity index is 496. The molecule has 0 aromatic carbocycles. The van der Waals surface area contributed by atoms with Crippen LogP contribution in [0.15, 0.2) is 0 Å². The first-order chi connectivity index (χ1) is 10.1. The van der Waals surface area contributed by atoms with Crippen LogP contribution in [0.4, 0.5) is 4.79 Å². The van der Waals surface area contributed by atoms with Crippen LogP contribution in [-0.4, -0.2) is 47.0 Å². The first-order valence-corrected chi connectivity index (χ1v) is 7.64. The molecule has 1 atom stereocenters. The summed E-state index contributed by atoms with van der Waals surface area (Å²) in [5.41, 5.74) is 3.17. The van der Waals surface area contributed by atoms with E-state index in [0.29, 0.717) is 19.2 Å². The van der Waals surface area contributed by atoms with E-state index in [0.717, 1.165) is 42.9 Å². The number of hydrogen-bond acceptors (Lipinski definition) is 3. The number of likely N-dealkylation sites (tertiary alicyclic amines) is 1. The molecule has 2 rings (SSSR count). The molecule has 1 N–H and O–H groups in total. The van der Waals surface area contributed by atoms with E-state index in [1.54, 1.807) is 7.11 Å². The molecule has 2 amide bonds. The van der Waals surface area contributed by atoms with Crippen LogP contribution in [0.3, 0.4) is 0 Å². The van der Waals surface area contributed by atoms with Gasteiger partial charge in [0.1, 0.15) is 0 Å². The maximum Gasteiger partial charge on any atom is 0.317 e. The van der Waals surface area contributed by atoms with Gasteiger partial charge in [-0.05, 0) is 26.7 Å². The Morgan fingerprint density at radius 1 is 1.48 bits per heavy atom. The summed E-state index contributed by atoms with van der Waals surface area (Å²) < 4.78 is 7.03. The molecule has 0 bridgehead atoms. The van der Waals surface area contributed by atoms with Crippen LogP contribution >= 0.6 is 0 Å². The number of aromatic nitrogens is 2. The van der Waals surface area contributed by atoms with E-state index in [2.05, 4.69) is 17.3 Å². The molecule has 6 nitrogen and oxygen atoms in total. The summed E-state index contributed by atoms with van der Waals surface area (Å²) in [5, 5.41) is 7.53. The zero-order valence-electron chi connectivity index (χ0n) is 13.5. The van der Waals surface area contributed by atoms with Crippen LogP contribution in [0.25, 0.3) is 0 Å². The van der Waals surface area contributed by atoms with Crippen molar-refractivity contribution in [1.29, 1.82) is 0 Å². The second-order valence-corrected chi connectivity index (χ2v) is 5.57. The number of nitrogens with zero attached hydrogens (tertiary/aromatic N) is 3. The van der Waals surface area contributed by atoms with E-state index in [9.17, 15) is 4.79 Å². The van der Waals surface area contributed by atoms with Gasteiger partial charge in [0.15, 0.2) is 0 Å². The minimum atomic E-state index is 0.0385. The van der Waals surface area contributed by atoms with E-state index in [1.165, 1.54) is 0 Å². The summed E-state index contributed by atoms with van der Waals surface area (Å²) in [6, 6.07) is 0.452. The molecular weight excluding hydrogens is 268 g/mol. The fraction of sp³-hybridized carbons (Fsp3) is 0.733. The maximum atomic E-state index is 12.1. The van der Waals surface area contributed by atoms with E-state index in [4.69, 9.17) is 4.74 Å². The Hall–Kier alpha value is -1.56. The number of methoxy groups -OCH3 is 1. The monoisotopic (exact) mass is 294 g/mol. The Morgan fingerprint density at radius 2 is 2.24 bits per heavy atom. The smallest absolute Gasteiger partial charge is 0.317 e. The van der Waals surface area contributed by atoms with E-state index < -0.39 is 0 Å². The van der Waals surface area contributed by atoms with Crippen LogP contribution < -0.4 is 5.32 Å². The van der Waals surface area contributed by atoms with Gasteiger partial charge in [-0.15, -0.1) is 0 Å². The van der Waals surface area contributed by atoms with Crippen molar-refractivity contribution >= 4 is 6.03 Å². The SMILES string of the molecule is CCC1CCN1C(=O)NCc1c(C)nn(CCOC)c1C. The van der Waals surface area contributed by atoms with Crippen LogP contribution in [-0.2, 0) is 17.8 Å². The van der Waals surface area contributed by atoms with Gasteiger partial charge in [-0.2, -0.15) is 5.10 Å². The number of carbonyl (C=O) groups is 1. The van der Waals surface area contributed by atoms with E-state index >= 15 is 0 Å². The number of aryl methyl sites for hydroxylation is 1. The summed E-state index contributed by atoms with van der Waals surface area (Å²) in [6.45, 7) is 8.93. The number of ether oxygens (including phenoxy) is 1. The lowest BCUT2D eigenvalue weighted by Crippen LogP contribution is -2.54. The molecule has 1 aromatic rings. The Balaban J connectivity index is 1.93. The highest BCUT2D eigenvalue weighted by atomic mass is 16.5. The number of hydrogen-bond donors (Lipinski definition) is 1. The first-order valence-electron chi connectivity index (χ1n) is 7.64. The molecule has 2 heterocycles. The summed E-state index contributed by atoms with van der Waals surface area (Å²) >= 11 is 0. The van der Waals surface area contributed by atoms with Crippen LogP contribution in [0.2, 0.25) is 0 Å². The Morgan fingerprint density at radius 3 is 2.81 bits per heavy atom. The molecule has 1 unspecified atom stereocenters. The van der Waals surface area contributed by atoms with Crippen molar-refractivity contribution < 1.29 is 9.53 Å². The van der Waals surface area contributed by atoms with Gasteiger partial charge in [0.05, 0.1) is 18.8 Å². The third kappa shape index (κ3) is 3.37. The van der Waals surface area contributed by atoms with Crippen molar-refractivity contribution in [2.24, 2.45) is 0 Å². The van der Waals surface area contributed by atoms with Crippen molar-refractivity contribution in [3.05, 3.63) is 17.0 Å². The van der Waals surface area contributed by atoms with Gasteiger partial charge >= 0.3 is 6.03 Å². The van der Waals surface area contributed by atoms with Crippen LogP contribution in [0, 0.1) is 13.8 Å². The second-order valence-electron chi connectivity index (χ2n) is 5.57. The predicted molar refractivity (Wildman–Crippen MR) is 81.2 cm³/mol. The highest BCUT2D eigenvalue weighted by Gasteiger charge is 2.30. The quantitative estimate of drug-likeness (QED) is 0.871. The fourth-order valence-electron chi connectivity index (χ4n) is 2.78. The lowest BCUT2D eigenvalue weighted by Gasteiger charge is -2.40. The molecule has 0 aliphatic carbocycles. The summed E-state index contributed by atoms with van der Waals surface area (Å²) in [6.07, 6.45) is 2.15. The topological polar surface area (TPSA) is 59.4 Å². The summed E-state index contributed by atoms with van der Waals surface area (Å²) in [5.74, 6) is 0. The zero-order valence-corrected chi connectivity index (χ0v) is 13.5. The third-order valence-electron chi connectivity index (χ3n) is 4.33. The molecule has 1 aliphatic heterocycles. The molecule has 0 radical (unpaired) electrons. The van der Waals surface area contributed by atoms with Gasteiger partial charge in [-0.3, -0.25) is 4.68 Å². The van der Waals surface area contributed by atoms with Gasteiger partial charge in [-0.25, -0.2) is 4.79 Å². The van der Waals surface area contributed by atoms with Gasteiger partial charge < -0.3 is 15.0 Å². The molecule has 1 fully saturated rings. The molecule has 1 aromatic heterocycles. The summed E-state index contributed by atoms with van der Waals surface area (Å²) in [4.78, 5) is 14.1. The zero-order chi connectivity index (χ0) is 15.4. The second kappa shape index (κ2) is 6.93. The summed E-state index contributed by atoms with van der Waals surface area (Å²) in [7, 11) is 1.68. The standard InChI is InChI=1S/C15H26N4O2/c1-5-13-6-7-18(13)15(20)16-10-14-11(2)17-19(12(14)3)8-9-21-4/h13H,5-10H2,1-4H3,(H,16,20). The van der Waals surface area contributed by atoms with Gasteiger partial charge in [0, 0.05) is 37.5 Å². The third-order valence-corrected chi connectivity index (χ3v) is 4.33. The van der Waals surface area contributed by atoms with E-state index in [-0.39, 0.29) is 6.03 Å². The first kappa shape index (κ1) is 15.8. The van der Waals surface area contributed by atoms with Gasteiger partial charge in [0.25, 0.3) is 0 Å². The van der Waals surface area contributed by atoms with Crippen molar-refractivity contribution in [2.75, 3.05) is 20.3 Å². The molecule has 1 saturated heterocycles. The van der Waals surface area contributed by atoms with E-state index in [1.807, 2.05) is 23.4 Å². The number of amides is 2. The van der Waals surface area contributed by atoms with Crippen molar-refractivity contribution in [2.45, 2.75) is 52.7 Å². The maximum absolute atomic E-state index is 12.1. The average Bonchev–Trinajstić information content (AvgIpc) is 2.68. The molecular formula is C15H26N4O2. The number of rotatable bonds is 6. The molecule has 6 heteroatoms. The molecule has 21 heavy (non-hydrogen) atoms. The molecule has 1 aliphatic rings. The number of carbonyl (C=O) groups excluding carboxylic acids is 1. The van der Waals surface area contributed by atoms with Gasteiger partial charge in [-0.1, -0.05) is 6.92 Å². The Labute approximate surface area is 126 Å². The highest BCUT2D eigenvalue weighted by molar-refractivity contribution is 5.75.